The fourth-order valence-electron chi connectivity index (χ4n) is 3.05. The van der Waals surface area contributed by atoms with Crippen molar-refractivity contribution in [2.24, 2.45) is 5.10 Å². The number of aryl methyl sites for hydroxylation is 1. The van der Waals surface area contributed by atoms with Crippen molar-refractivity contribution in [2.75, 3.05) is 6.61 Å². The Labute approximate surface area is 149 Å². The van der Waals surface area contributed by atoms with Crippen LogP contribution in [0, 0.1) is 6.92 Å². The molecule has 2 aromatic rings. The lowest BCUT2D eigenvalue weighted by molar-refractivity contribution is -0.136. The van der Waals surface area contributed by atoms with E-state index in [4.69, 9.17) is 9.84 Å². The van der Waals surface area contributed by atoms with Gasteiger partial charge in [-0.2, -0.15) is 9.78 Å². The lowest BCUT2D eigenvalue weighted by Crippen LogP contribution is -2.27. The summed E-state index contributed by atoms with van der Waals surface area (Å²) in [5.74, 6) is -0.164. The van der Waals surface area contributed by atoms with Crippen LogP contribution < -0.4 is 0 Å². The number of carboxylic acid groups (broad SMARTS) is 1. The molecule has 1 N–H and O–H groups in total. The molecular weight excluding hydrogens is 340 g/mol. The minimum absolute atomic E-state index is 0.0144. The van der Waals surface area contributed by atoms with Gasteiger partial charge in [0.1, 0.15) is 6.10 Å². The second-order valence-electron chi connectivity index (χ2n) is 6.21. The third kappa shape index (κ3) is 3.19. The summed E-state index contributed by atoms with van der Waals surface area (Å²) >= 11 is 1.39. The summed E-state index contributed by atoms with van der Waals surface area (Å²) in [7, 11) is 0. The number of hydrogen-bond acceptors (Lipinski definition) is 6. The number of carboxylic acids is 1. The number of aliphatic carboxylic acids is 1. The zero-order valence-electron chi connectivity index (χ0n) is 13.8. The van der Waals surface area contributed by atoms with Gasteiger partial charge in [0.05, 0.1) is 17.4 Å². The van der Waals surface area contributed by atoms with E-state index in [1.807, 2.05) is 31.2 Å². The molecule has 0 spiro atoms. The van der Waals surface area contributed by atoms with Gasteiger partial charge < -0.3 is 9.84 Å². The minimum atomic E-state index is -0.857. The number of benzene rings is 1. The normalized spacial score (nSPS) is 22.5. The van der Waals surface area contributed by atoms with Gasteiger partial charge in [-0.25, -0.2) is 0 Å². The first-order valence-electron chi connectivity index (χ1n) is 8.23. The summed E-state index contributed by atoms with van der Waals surface area (Å²) in [6, 6.07) is 7.96. The largest absolute Gasteiger partial charge is 0.481 e. The summed E-state index contributed by atoms with van der Waals surface area (Å²) in [5.41, 5.74) is 2.80. The SMILES string of the molecule is Cc1ccc(C2=Nn3c(nnc3C3CCCO3)SC2CC(=O)O)cc1. The average molecular weight is 358 g/mol. The summed E-state index contributed by atoms with van der Waals surface area (Å²) in [6.07, 6.45) is 1.78. The standard InChI is InChI=1S/C17H18N4O3S/c1-10-4-6-11(7-5-10)15-13(9-14(22)23)25-17-19-18-16(21(17)20-15)12-3-2-8-24-12/h4-7,12-13H,2-3,8-9H2,1H3,(H,22,23). The van der Waals surface area contributed by atoms with Crippen LogP contribution in [0.15, 0.2) is 34.5 Å². The summed E-state index contributed by atoms with van der Waals surface area (Å²) in [5, 5.41) is 22.8. The molecule has 1 saturated heterocycles. The summed E-state index contributed by atoms with van der Waals surface area (Å²) in [4.78, 5) is 11.3. The highest BCUT2D eigenvalue weighted by molar-refractivity contribution is 8.00. The van der Waals surface area contributed by atoms with E-state index in [0.29, 0.717) is 11.0 Å². The topological polar surface area (TPSA) is 89.6 Å². The fourth-order valence-corrected chi connectivity index (χ4v) is 4.14. The number of hydrogen-bond donors (Lipinski definition) is 1. The van der Waals surface area contributed by atoms with E-state index in [0.717, 1.165) is 36.3 Å². The maximum atomic E-state index is 11.3. The quantitative estimate of drug-likeness (QED) is 0.904. The Balaban J connectivity index is 1.76. The van der Waals surface area contributed by atoms with Crippen LogP contribution in [0.2, 0.25) is 0 Å². The van der Waals surface area contributed by atoms with Crippen molar-refractivity contribution in [1.29, 1.82) is 0 Å². The van der Waals surface area contributed by atoms with Crippen LogP contribution in [0.25, 0.3) is 0 Å². The number of nitrogens with zero attached hydrogens (tertiary/aromatic N) is 4. The lowest BCUT2D eigenvalue weighted by Gasteiger charge is -2.22. The van der Waals surface area contributed by atoms with Crippen molar-refractivity contribution in [3.8, 4) is 0 Å². The van der Waals surface area contributed by atoms with Gasteiger partial charge in [0, 0.05) is 6.61 Å². The van der Waals surface area contributed by atoms with Crippen molar-refractivity contribution in [3.05, 3.63) is 41.2 Å². The maximum Gasteiger partial charge on any atom is 0.304 e. The van der Waals surface area contributed by atoms with Crippen LogP contribution in [0.4, 0.5) is 0 Å². The van der Waals surface area contributed by atoms with Gasteiger partial charge in [0.2, 0.25) is 5.16 Å². The van der Waals surface area contributed by atoms with Crippen molar-refractivity contribution in [1.82, 2.24) is 14.9 Å². The molecule has 2 aliphatic rings. The Morgan fingerprint density at radius 3 is 2.84 bits per heavy atom. The van der Waals surface area contributed by atoms with Crippen molar-refractivity contribution in [3.63, 3.8) is 0 Å². The first kappa shape index (κ1) is 16.3. The van der Waals surface area contributed by atoms with Crippen LogP contribution in [-0.2, 0) is 9.53 Å². The molecule has 3 heterocycles. The van der Waals surface area contributed by atoms with Crippen molar-refractivity contribution >= 4 is 23.4 Å². The average Bonchev–Trinajstić information content (AvgIpc) is 3.23. The molecule has 2 aliphatic heterocycles. The predicted molar refractivity (Wildman–Crippen MR) is 93.0 cm³/mol. The monoisotopic (exact) mass is 358 g/mol. The molecule has 0 aliphatic carbocycles. The molecular formula is C17H18N4O3S. The van der Waals surface area contributed by atoms with E-state index in [1.54, 1.807) is 4.68 Å². The molecule has 2 unspecified atom stereocenters. The van der Waals surface area contributed by atoms with Crippen molar-refractivity contribution in [2.45, 2.75) is 42.7 Å². The van der Waals surface area contributed by atoms with Crippen LogP contribution in [0.3, 0.4) is 0 Å². The molecule has 0 bridgehead atoms. The van der Waals surface area contributed by atoms with Gasteiger partial charge >= 0.3 is 5.97 Å². The molecule has 130 valence electrons. The Bertz CT molecular complexity index is 825. The van der Waals surface area contributed by atoms with E-state index < -0.39 is 5.97 Å². The van der Waals surface area contributed by atoms with Crippen LogP contribution in [-0.4, -0.2) is 43.5 Å². The highest BCUT2D eigenvalue weighted by Gasteiger charge is 2.33. The minimum Gasteiger partial charge on any atom is -0.481 e. The smallest absolute Gasteiger partial charge is 0.304 e. The molecule has 7 nitrogen and oxygen atoms in total. The second kappa shape index (κ2) is 6.61. The highest BCUT2D eigenvalue weighted by atomic mass is 32.2. The molecule has 0 amide bonds. The fraction of sp³-hybridized carbons (Fsp3) is 0.412. The molecule has 25 heavy (non-hydrogen) atoms. The lowest BCUT2D eigenvalue weighted by atomic mass is 10.0. The van der Waals surface area contributed by atoms with E-state index in [2.05, 4.69) is 10.2 Å². The van der Waals surface area contributed by atoms with Crippen LogP contribution in [0.1, 0.15) is 42.3 Å². The van der Waals surface area contributed by atoms with Gasteiger partial charge in [-0.3, -0.25) is 4.79 Å². The van der Waals surface area contributed by atoms with Gasteiger partial charge in [-0.1, -0.05) is 41.6 Å². The highest BCUT2D eigenvalue weighted by Crippen LogP contribution is 2.36. The zero-order valence-corrected chi connectivity index (χ0v) is 14.6. The summed E-state index contributed by atoms with van der Waals surface area (Å²) < 4.78 is 7.43. The molecule has 0 radical (unpaired) electrons. The van der Waals surface area contributed by atoms with E-state index in [-0.39, 0.29) is 17.8 Å². The Morgan fingerprint density at radius 1 is 1.36 bits per heavy atom. The Hall–Kier alpha value is -2.19. The molecule has 4 rings (SSSR count). The van der Waals surface area contributed by atoms with Gasteiger partial charge in [-0.05, 0) is 25.3 Å². The number of rotatable bonds is 4. The molecule has 8 heteroatoms. The van der Waals surface area contributed by atoms with Gasteiger partial charge in [0.15, 0.2) is 5.82 Å². The summed E-state index contributed by atoms with van der Waals surface area (Å²) in [6.45, 7) is 2.74. The molecule has 1 aromatic carbocycles. The van der Waals surface area contributed by atoms with Gasteiger partial charge in [0.25, 0.3) is 0 Å². The van der Waals surface area contributed by atoms with E-state index >= 15 is 0 Å². The number of thioether (sulfide) groups is 1. The number of aromatic nitrogens is 3. The first-order valence-corrected chi connectivity index (χ1v) is 9.11. The molecule has 0 saturated carbocycles. The Kier molecular flexibility index (Phi) is 4.30. The third-order valence-electron chi connectivity index (χ3n) is 4.32. The zero-order chi connectivity index (χ0) is 17.4. The number of carbonyl (C=O) groups is 1. The third-order valence-corrected chi connectivity index (χ3v) is 5.46. The van der Waals surface area contributed by atoms with Crippen LogP contribution >= 0.6 is 11.8 Å². The maximum absolute atomic E-state index is 11.3. The molecule has 1 fully saturated rings. The van der Waals surface area contributed by atoms with Crippen LogP contribution in [0.5, 0.6) is 0 Å². The van der Waals surface area contributed by atoms with Gasteiger partial charge in [-0.15, -0.1) is 10.2 Å². The Morgan fingerprint density at radius 2 is 2.16 bits per heavy atom. The molecule has 1 aromatic heterocycles. The number of ether oxygens (including phenoxy) is 1. The number of fused-ring (bicyclic) bond motifs is 1. The predicted octanol–water partition coefficient (Wildman–Crippen LogP) is 2.64. The second-order valence-corrected chi connectivity index (χ2v) is 7.38. The van der Waals surface area contributed by atoms with E-state index in [9.17, 15) is 9.90 Å². The first-order chi connectivity index (χ1) is 12.1. The van der Waals surface area contributed by atoms with Crippen molar-refractivity contribution < 1.29 is 14.6 Å². The van der Waals surface area contributed by atoms with E-state index in [1.165, 1.54) is 11.8 Å². The molecule has 2 atom stereocenters.